The topological polar surface area (TPSA) is 70.7 Å². The van der Waals surface area contributed by atoms with E-state index in [1.807, 2.05) is 54.6 Å². The zero-order valence-electron chi connectivity index (χ0n) is 21.0. The van der Waals surface area contributed by atoms with Gasteiger partial charge in [0.2, 0.25) is 0 Å². The zero-order valence-corrected chi connectivity index (χ0v) is 22.6. The third kappa shape index (κ3) is 6.28. The number of pyridine rings is 1. The molecule has 0 saturated heterocycles. The number of allylic oxidation sites excluding steroid dienone is 1. The Kier molecular flexibility index (Phi) is 8.20. The maximum atomic E-state index is 13.9. The van der Waals surface area contributed by atoms with Crippen LogP contribution in [0.4, 0.5) is 4.39 Å². The number of hydrogen-bond acceptors (Lipinski definition) is 4. The van der Waals surface area contributed by atoms with Gasteiger partial charge < -0.3 is 0 Å². The summed E-state index contributed by atoms with van der Waals surface area (Å²) in [6.07, 6.45) is 7.40. The second-order valence-corrected chi connectivity index (χ2v) is 9.93. The van der Waals surface area contributed by atoms with Gasteiger partial charge in [-0.25, -0.2) is 9.37 Å². The predicted molar refractivity (Wildman–Crippen MR) is 157 cm³/mol. The number of halogens is 2. The van der Waals surface area contributed by atoms with Crippen molar-refractivity contribution in [3.63, 3.8) is 0 Å². The lowest BCUT2D eigenvalue weighted by Crippen LogP contribution is -2.12. The molecule has 0 saturated carbocycles. The molecule has 3 aromatic carbocycles. The molecule has 0 unspecified atom stereocenters. The minimum absolute atomic E-state index is 0.233. The van der Waals surface area contributed by atoms with E-state index < -0.39 is 0 Å². The fraction of sp³-hybridized carbons (Fsp3) is 0.0645. The first-order chi connectivity index (χ1) is 19.0. The van der Waals surface area contributed by atoms with E-state index in [-0.39, 0.29) is 11.7 Å². The number of fused-ring (bicyclic) bond motifs is 1. The van der Waals surface area contributed by atoms with Gasteiger partial charge in [-0.05, 0) is 82.3 Å². The van der Waals surface area contributed by atoms with Gasteiger partial charge >= 0.3 is 0 Å². The lowest BCUT2D eigenvalue weighted by atomic mass is 9.87. The summed E-state index contributed by atoms with van der Waals surface area (Å²) >= 11 is 7.68. The molecule has 0 aliphatic carbocycles. The first kappa shape index (κ1) is 26.4. The second-order valence-electron chi connectivity index (χ2n) is 8.69. The fourth-order valence-electron chi connectivity index (χ4n) is 4.33. The summed E-state index contributed by atoms with van der Waals surface area (Å²) in [5.74, 6) is -0.609. The number of carbonyl (C=O) groups is 1. The summed E-state index contributed by atoms with van der Waals surface area (Å²) in [6, 6.07) is 24.1. The Labute approximate surface area is 235 Å². The molecule has 0 fully saturated rings. The van der Waals surface area contributed by atoms with E-state index in [0.29, 0.717) is 16.5 Å². The minimum atomic E-state index is -0.376. The molecule has 2 N–H and O–H groups in total. The third-order valence-corrected chi connectivity index (χ3v) is 7.23. The molecule has 5 nitrogen and oxygen atoms in total. The summed E-state index contributed by atoms with van der Waals surface area (Å²) < 4.78 is 16.6. The van der Waals surface area contributed by atoms with Crippen molar-refractivity contribution in [3.8, 4) is 0 Å². The summed E-state index contributed by atoms with van der Waals surface area (Å²) in [5, 5.41) is 9.20. The molecular formula is C31H24ClFN4OS. The number of nitrogens with one attached hydrogen (secondary N) is 2. The second kappa shape index (κ2) is 12.1. The van der Waals surface area contributed by atoms with Crippen molar-refractivity contribution >= 4 is 57.6 Å². The molecule has 5 aromatic rings. The van der Waals surface area contributed by atoms with Crippen LogP contribution in [0.25, 0.3) is 28.1 Å². The van der Waals surface area contributed by atoms with Crippen molar-refractivity contribution in [2.45, 2.75) is 18.4 Å². The van der Waals surface area contributed by atoms with Gasteiger partial charge in [-0.15, -0.1) is 0 Å². The third-order valence-electron chi connectivity index (χ3n) is 6.16. The Morgan fingerprint density at radius 1 is 1.05 bits per heavy atom. The molecule has 0 bridgehead atoms. The van der Waals surface area contributed by atoms with Crippen LogP contribution in [0.5, 0.6) is 0 Å². The molecule has 1 amide bonds. The first-order valence-electron chi connectivity index (χ1n) is 12.3. The molecule has 0 atom stereocenters. The Bertz CT molecular complexity index is 1680. The fourth-order valence-corrected chi connectivity index (χ4v) is 5.14. The molecule has 39 heavy (non-hydrogen) atoms. The highest BCUT2D eigenvalue weighted by Crippen LogP contribution is 2.38. The highest BCUT2D eigenvalue weighted by molar-refractivity contribution is 7.97. The largest absolute Gasteiger partial charge is 0.291 e. The van der Waals surface area contributed by atoms with Crippen molar-refractivity contribution in [3.05, 3.63) is 130 Å². The smallest absolute Gasteiger partial charge is 0.254 e. The number of carbonyl (C=O) groups excluding carboxylic acids is 1. The Morgan fingerprint density at radius 3 is 2.62 bits per heavy atom. The SMILES string of the molecule is CC/C(=C(/c1ccc(/C=C/C(=O)NSc2ccccn2)cc1)c1ccc2[nH]ncc2c1)c1ccc(F)cc1Cl. The molecule has 0 radical (unpaired) electrons. The summed E-state index contributed by atoms with van der Waals surface area (Å²) in [7, 11) is 0. The Balaban J connectivity index is 1.47. The van der Waals surface area contributed by atoms with Gasteiger partial charge in [0.05, 0.1) is 16.7 Å². The van der Waals surface area contributed by atoms with Crippen molar-refractivity contribution < 1.29 is 9.18 Å². The Hall–Kier alpha value is -4.20. The first-order valence-corrected chi connectivity index (χ1v) is 13.5. The van der Waals surface area contributed by atoms with Gasteiger partial charge in [-0.3, -0.25) is 14.6 Å². The number of hydrogen-bond donors (Lipinski definition) is 2. The summed E-state index contributed by atoms with van der Waals surface area (Å²) in [6.45, 7) is 2.06. The average molecular weight is 555 g/mol. The summed E-state index contributed by atoms with van der Waals surface area (Å²) in [5.41, 5.74) is 6.56. The molecule has 8 heteroatoms. The van der Waals surface area contributed by atoms with Crippen LogP contribution in [0, 0.1) is 5.82 Å². The van der Waals surface area contributed by atoms with Crippen molar-refractivity contribution in [2.75, 3.05) is 0 Å². The van der Waals surface area contributed by atoms with Crippen LogP contribution < -0.4 is 4.72 Å². The van der Waals surface area contributed by atoms with Crippen LogP contribution in [-0.4, -0.2) is 21.1 Å². The molecule has 0 aliphatic heterocycles. The number of benzene rings is 3. The molecule has 194 valence electrons. The van der Waals surface area contributed by atoms with E-state index in [9.17, 15) is 9.18 Å². The standard InChI is InChI=1S/C31H24ClFN4OS/c1-2-25(26-13-12-24(33)18-27(26)32)31(22-11-14-28-23(17-22)19-35-36-28)21-9-6-20(7-10-21)8-15-29(38)37-39-30-5-3-4-16-34-30/h3-19H,2H2,1H3,(H,35,36)(H,37,38)/b15-8+,31-25+. The number of aromatic amines is 1. The number of aromatic nitrogens is 3. The van der Waals surface area contributed by atoms with Crippen LogP contribution >= 0.6 is 23.5 Å². The molecule has 5 rings (SSSR count). The summed E-state index contributed by atoms with van der Waals surface area (Å²) in [4.78, 5) is 16.4. The Morgan fingerprint density at radius 2 is 1.87 bits per heavy atom. The monoisotopic (exact) mass is 554 g/mol. The van der Waals surface area contributed by atoms with Gasteiger partial charge in [0.15, 0.2) is 0 Å². The van der Waals surface area contributed by atoms with E-state index in [4.69, 9.17) is 11.6 Å². The number of amides is 1. The van der Waals surface area contributed by atoms with Gasteiger partial charge in [0, 0.05) is 29.6 Å². The van der Waals surface area contributed by atoms with Crippen LogP contribution in [0.2, 0.25) is 5.02 Å². The maximum Gasteiger partial charge on any atom is 0.254 e. The van der Waals surface area contributed by atoms with Gasteiger partial charge in [0.25, 0.3) is 5.91 Å². The highest BCUT2D eigenvalue weighted by Gasteiger charge is 2.16. The van der Waals surface area contributed by atoms with Crippen LogP contribution in [-0.2, 0) is 4.79 Å². The van der Waals surface area contributed by atoms with Crippen molar-refractivity contribution in [1.29, 1.82) is 0 Å². The molecule has 0 spiro atoms. The van der Waals surface area contributed by atoms with E-state index in [0.717, 1.165) is 44.3 Å². The van der Waals surface area contributed by atoms with Gasteiger partial charge in [-0.2, -0.15) is 5.10 Å². The number of rotatable bonds is 8. The molecular weight excluding hydrogens is 531 g/mol. The van der Waals surface area contributed by atoms with Crippen LogP contribution in [0.15, 0.2) is 102 Å². The van der Waals surface area contributed by atoms with Gasteiger partial charge in [0.1, 0.15) is 10.8 Å². The highest BCUT2D eigenvalue weighted by atomic mass is 35.5. The molecule has 2 aromatic heterocycles. The number of H-pyrrole nitrogens is 1. The van der Waals surface area contributed by atoms with Crippen LogP contribution in [0.3, 0.4) is 0 Å². The maximum absolute atomic E-state index is 13.9. The van der Waals surface area contributed by atoms with Gasteiger partial charge in [-0.1, -0.05) is 61.0 Å². The minimum Gasteiger partial charge on any atom is -0.291 e. The normalized spacial score (nSPS) is 12.1. The lowest BCUT2D eigenvalue weighted by Gasteiger charge is -2.18. The van der Waals surface area contributed by atoms with Crippen molar-refractivity contribution in [1.82, 2.24) is 19.9 Å². The average Bonchev–Trinajstić information content (AvgIpc) is 3.43. The quantitative estimate of drug-likeness (QED) is 0.116. The predicted octanol–water partition coefficient (Wildman–Crippen LogP) is 7.96. The molecule has 0 aliphatic rings. The zero-order chi connectivity index (χ0) is 27.2. The molecule has 2 heterocycles. The van der Waals surface area contributed by atoms with E-state index >= 15 is 0 Å². The van der Waals surface area contributed by atoms with Crippen LogP contribution in [0.1, 0.15) is 35.6 Å². The van der Waals surface area contributed by atoms with E-state index in [1.165, 1.54) is 30.2 Å². The van der Waals surface area contributed by atoms with Crippen molar-refractivity contribution in [2.24, 2.45) is 0 Å². The lowest BCUT2D eigenvalue weighted by molar-refractivity contribution is -0.114. The number of nitrogens with zero attached hydrogens (tertiary/aromatic N) is 2. The van der Waals surface area contributed by atoms with E-state index in [2.05, 4.69) is 32.9 Å². The van der Waals surface area contributed by atoms with E-state index in [1.54, 1.807) is 24.5 Å².